The highest BCUT2D eigenvalue weighted by molar-refractivity contribution is 9.10. The van der Waals surface area contributed by atoms with Crippen molar-refractivity contribution >= 4 is 27.5 Å². The van der Waals surface area contributed by atoms with E-state index in [0.29, 0.717) is 5.75 Å². The Morgan fingerprint density at radius 1 is 0.926 bits per heavy atom. The predicted molar refractivity (Wildman–Crippen MR) is 112 cm³/mol. The number of hydrogen-bond acceptors (Lipinski definition) is 3. The number of nitrogens with one attached hydrogen (secondary N) is 1. The Bertz CT molecular complexity index is 921. The lowest BCUT2D eigenvalue weighted by Gasteiger charge is -2.07. The Hall–Kier alpha value is -2.92. The molecule has 0 fully saturated rings. The number of hydrazone groups is 1. The number of rotatable bonds is 6. The van der Waals surface area contributed by atoms with Crippen LogP contribution in [0.1, 0.15) is 12.5 Å². The SMILES string of the molecule is C/C(=N/NC(=O)COc1ccc(-c2ccccc2)cc1)c1ccc(Br)cc1. The van der Waals surface area contributed by atoms with Gasteiger partial charge in [-0.05, 0) is 47.9 Å². The molecule has 1 amide bonds. The number of ether oxygens (including phenoxy) is 1. The molecule has 3 aromatic rings. The van der Waals surface area contributed by atoms with Crippen LogP contribution in [-0.2, 0) is 4.79 Å². The summed E-state index contributed by atoms with van der Waals surface area (Å²) in [5.41, 5.74) is 6.42. The van der Waals surface area contributed by atoms with Crippen LogP contribution < -0.4 is 10.2 Å². The van der Waals surface area contributed by atoms with Crippen molar-refractivity contribution in [3.05, 3.63) is 88.9 Å². The predicted octanol–water partition coefficient (Wildman–Crippen LogP) is 5.04. The summed E-state index contributed by atoms with van der Waals surface area (Å²) in [4.78, 5) is 11.9. The topological polar surface area (TPSA) is 50.7 Å². The van der Waals surface area contributed by atoms with E-state index >= 15 is 0 Å². The summed E-state index contributed by atoms with van der Waals surface area (Å²) in [5.74, 6) is 0.331. The molecule has 0 radical (unpaired) electrons. The third kappa shape index (κ3) is 5.53. The van der Waals surface area contributed by atoms with Crippen molar-refractivity contribution in [1.29, 1.82) is 0 Å². The Balaban J connectivity index is 1.51. The smallest absolute Gasteiger partial charge is 0.277 e. The number of carbonyl (C=O) groups excluding carboxylic acids is 1. The lowest BCUT2D eigenvalue weighted by molar-refractivity contribution is -0.123. The van der Waals surface area contributed by atoms with E-state index in [1.165, 1.54) is 0 Å². The van der Waals surface area contributed by atoms with E-state index in [1.807, 2.05) is 73.7 Å². The Morgan fingerprint density at radius 3 is 2.22 bits per heavy atom. The number of carbonyl (C=O) groups is 1. The van der Waals surface area contributed by atoms with Gasteiger partial charge in [0.1, 0.15) is 5.75 Å². The molecule has 27 heavy (non-hydrogen) atoms. The van der Waals surface area contributed by atoms with Gasteiger partial charge in [-0.25, -0.2) is 5.43 Å². The highest BCUT2D eigenvalue weighted by Crippen LogP contribution is 2.21. The summed E-state index contributed by atoms with van der Waals surface area (Å²) in [6.45, 7) is 1.74. The largest absolute Gasteiger partial charge is 0.484 e. The molecule has 0 aliphatic carbocycles. The van der Waals surface area contributed by atoms with Gasteiger partial charge in [-0.15, -0.1) is 0 Å². The normalized spacial score (nSPS) is 11.1. The van der Waals surface area contributed by atoms with Gasteiger partial charge in [-0.2, -0.15) is 5.10 Å². The van der Waals surface area contributed by atoms with Crippen LogP contribution in [-0.4, -0.2) is 18.2 Å². The van der Waals surface area contributed by atoms with Crippen LogP contribution in [0.5, 0.6) is 5.75 Å². The highest BCUT2D eigenvalue weighted by atomic mass is 79.9. The molecule has 0 atom stereocenters. The second-order valence-corrected chi connectivity index (χ2v) is 6.83. The molecule has 0 heterocycles. The monoisotopic (exact) mass is 422 g/mol. The molecule has 0 aromatic heterocycles. The fourth-order valence-corrected chi connectivity index (χ4v) is 2.72. The fourth-order valence-electron chi connectivity index (χ4n) is 2.46. The molecule has 0 saturated heterocycles. The minimum absolute atomic E-state index is 0.0954. The van der Waals surface area contributed by atoms with Crippen LogP contribution in [0.25, 0.3) is 11.1 Å². The minimum Gasteiger partial charge on any atom is -0.484 e. The van der Waals surface area contributed by atoms with E-state index in [0.717, 1.165) is 26.9 Å². The zero-order chi connectivity index (χ0) is 19.1. The van der Waals surface area contributed by atoms with Gasteiger partial charge in [0, 0.05) is 4.47 Å². The standard InChI is InChI=1S/C22H19BrN2O2/c1-16(17-7-11-20(23)12-8-17)24-25-22(26)15-27-21-13-9-19(10-14-21)18-5-3-2-4-6-18/h2-14H,15H2,1H3,(H,25,26)/b24-16-. The summed E-state index contributed by atoms with van der Waals surface area (Å²) < 4.78 is 6.52. The minimum atomic E-state index is -0.307. The summed E-state index contributed by atoms with van der Waals surface area (Å²) in [6, 6.07) is 25.5. The number of hydrogen-bond donors (Lipinski definition) is 1. The average molecular weight is 423 g/mol. The van der Waals surface area contributed by atoms with Crippen molar-refractivity contribution < 1.29 is 9.53 Å². The van der Waals surface area contributed by atoms with E-state index in [1.54, 1.807) is 0 Å². The van der Waals surface area contributed by atoms with Crippen molar-refractivity contribution in [2.75, 3.05) is 6.61 Å². The van der Waals surface area contributed by atoms with Gasteiger partial charge in [-0.1, -0.05) is 70.5 Å². The molecule has 0 unspecified atom stereocenters. The molecule has 3 aromatic carbocycles. The first kappa shape index (κ1) is 18.9. The molecule has 0 aliphatic rings. The number of amides is 1. The van der Waals surface area contributed by atoms with Crippen molar-refractivity contribution in [2.45, 2.75) is 6.92 Å². The Morgan fingerprint density at radius 2 is 1.56 bits per heavy atom. The molecule has 3 rings (SSSR count). The van der Waals surface area contributed by atoms with Crippen molar-refractivity contribution in [2.24, 2.45) is 5.10 Å². The number of benzene rings is 3. The molecule has 136 valence electrons. The van der Waals surface area contributed by atoms with Crippen LogP contribution in [0.4, 0.5) is 0 Å². The third-order valence-electron chi connectivity index (χ3n) is 3.94. The molecule has 1 N–H and O–H groups in total. The number of halogens is 1. The van der Waals surface area contributed by atoms with Gasteiger partial charge >= 0.3 is 0 Å². The van der Waals surface area contributed by atoms with Crippen LogP contribution in [0.15, 0.2) is 88.4 Å². The average Bonchev–Trinajstić information content (AvgIpc) is 2.72. The molecule has 0 spiro atoms. The van der Waals surface area contributed by atoms with Gasteiger partial charge in [0.05, 0.1) is 5.71 Å². The first-order chi connectivity index (χ1) is 13.1. The van der Waals surface area contributed by atoms with E-state index < -0.39 is 0 Å². The van der Waals surface area contributed by atoms with Crippen molar-refractivity contribution in [3.8, 4) is 16.9 Å². The quantitative estimate of drug-likeness (QED) is 0.446. The molecular formula is C22H19BrN2O2. The first-order valence-electron chi connectivity index (χ1n) is 8.49. The van der Waals surface area contributed by atoms with Crippen LogP contribution >= 0.6 is 15.9 Å². The van der Waals surface area contributed by atoms with E-state index in [2.05, 4.69) is 38.6 Å². The molecule has 0 saturated carbocycles. The summed E-state index contributed by atoms with van der Waals surface area (Å²) in [7, 11) is 0. The summed E-state index contributed by atoms with van der Waals surface area (Å²) in [6.07, 6.45) is 0. The zero-order valence-corrected chi connectivity index (χ0v) is 16.4. The second kappa shape index (κ2) is 9.14. The molecule has 0 bridgehead atoms. The third-order valence-corrected chi connectivity index (χ3v) is 4.47. The second-order valence-electron chi connectivity index (χ2n) is 5.92. The Labute approximate surface area is 167 Å². The van der Waals surface area contributed by atoms with Crippen molar-refractivity contribution in [3.63, 3.8) is 0 Å². The lowest BCUT2D eigenvalue weighted by atomic mass is 10.1. The first-order valence-corrected chi connectivity index (χ1v) is 9.28. The van der Waals surface area contributed by atoms with E-state index in [-0.39, 0.29) is 12.5 Å². The van der Waals surface area contributed by atoms with E-state index in [4.69, 9.17) is 4.74 Å². The van der Waals surface area contributed by atoms with Crippen LogP contribution in [0, 0.1) is 0 Å². The molecule has 0 aliphatic heterocycles. The maximum absolute atomic E-state index is 11.9. The zero-order valence-electron chi connectivity index (χ0n) is 14.9. The number of nitrogens with zero attached hydrogens (tertiary/aromatic N) is 1. The maximum Gasteiger partial charge on any atom is 0.277 e. The van der Waals surface area contributed by atoms with Gasteiger partial charge < -0.3 is 4.74 Å². The van der Waals surface area contributed by atoms with Gasteiger partial charge in [-0.3, -0.25) is 4.79 Å². The van der Waals surface area contributed by atoms with Crippen molar-refractivity contribution in [1.82, 2.24) is 5.43 Å². The van der Waals surface area contributed by atoms with E-state index in [9.17, 15) is 4.79 Å². The Kier molecular flexibility index (Phi) is 6.39. The highest BCUT2D eigenvalue weighted by Gasteiger charge is 2.04. The lowest BCUT2D eigenvalue weighted by Crippen LogP contribution is -2.25. The van der Waals surface area contributed by atoms with Crippen LogP contribution in [0.2, 0.25) is 0 Å². The van der Waals surface area contributed by atoms with Crippen LogP contribution in [0.3, 0.4) is 0 Å². The molecular weight excluding hydrogens is 404 g/mol. The van der Waals surface area contributed by atoms with Gasteiger partial charge in [0.2, 0.25) is 0 Å². The summed E-state index contributed by atoms with van der Waals surface area (Å²) >= 11 is 3.39. The maximum atomic E-state index is 11.9. The van der Waals surface area contributed by atoms with Gasteiger partial charge in [0.15, 0.2) is 6.61 Å². The molecule has 5 heteroatoms. The van der Waals surface area contributed by atoms with Gasteiger partial charge in [0.25, 0.3) is 5.91 Å². The fraction of sp³-hybridized carbons (Fsp3) is 0.0909. The summed E-state index contributed by atoms with van der Waals surface area (Å²) in [5, 5.41) is 4.11. The molecule has 4 nitrogen and oxygen atoms in total.